The van der Waals surface area contributed by atoms with Gasteiger partial charge in [-0.3, -0.25) is 14.0 Å². The maximum Gasteiger partial charge on any atom is 0.264 e. The number of benzene rings is 3. The van der Waals surface area contributed by atoms with Crippen LogP contribution in [0.15, 0.2) is 82.7 Å². The number of halogens is 1. The molecule has 0 saturated carbocycles. The Morgan fingerprint density at radius 3 is 2.46 bits per heavy atom. The van der Waals surface area contributed by atoms with Gasteiger partial charge in [-0.1, -0.05) is 47.6 Å². The molecule has 0 radical (unpaired) electrons. The van der Waals surface area contributed by atoms with Gasteiger partial charge >= 0.3 is 0 Å². The maximum atomic E-state index is 13.3. The van der Waals surface area contributed by atoms with Gasteiger partial charge in [0.05, 0.1) is 16.3 Å². The number of carbonyl (C=O) groups excluding carboxylic acids is 1. The van der Waals surface area contributed by atoms with Gasteiger partial charge in [0.1, 0.15) is 0 Å². The van der Waals surface area contributed by atoms with Gasteiger partial charge < -0.3 is 0 Å². The van der Waals surface area contributed by atoms with Crippen LogP contribution in [0.4, 0.5) is 11.4 Å². The summed E-state index contributed by atoms with van der Waals surface area (Å²) in [6, 6.07) is 20.6. The summed E-state index contributed by atoms with van der Waals surface area (Å²) in [6.07, 6.45) is 0.846. The molecule has 1 fully saturated rings. The summed E-state index contributed by atoms with van der Waals surface area (Å²) in [5, 5.41) is 1.23. The normalized spacial score (nSPS) is 15.3. The average molecular weight is 528 g/mol. The molecule has 6 nitrogen and oxygen atoms in total. The van der Waals surface area contributed by atoms with E-state index < -0.39 is 10.0 Å². The Balaban J connectivity index is 1.59. The molecule has 0 spiro atoms. The smallest absolute Gasteiger partial charge is 0.264 e. The van der Waals surface area contributed by atoms with Crippen molar-refractivity contribution >= 4 is 55.8 Å². The molecule has 0 aliphatic carbocycles. The van der Waals surface area contributed by atoms with Crippen LogP contribution < -0.4 is 4.31 Å². The lowest BCUT2D eigenvalue weighted by Gasteiger charge is -2.28. The second kappa shape index (κ2) is 10.8. The summed E-state index contributed by atoms with van der Waals surface area (Å²) in [5.41, 5.74) is 2.65. The highest BCUT2D eigenvalue weighted by Crippen LogP contribution is 2.28. The number of hydrogen-bond acceptors (Lipinski definition) is 5. The van der Waals surface area contributed by atoms with Crippen LogP contribution in [0.1, 0.15) is 29.3 Å². The third-order valence-electron chi connectivity index (χ3n) is 5.63. The molecule has 1 saturated heterocycles. The van der Waals surface area contributed by atoms with Crippen molar-refractivity contribution in [2.75, 3.05) is 23.1 Å². The summed E-state index contributed by atoms with van der Waals surface area (Å²) in [5.74, 6) is 0.652. The molecule has 3 aromatic rings. The fourth-order valence-corrected chi connectivity index (χ4v) is 6.35. The largest absolute Gasteiger partial charge is 0.287 e. The molecule has 35 heavy (non-hydrogen) atoms. The van der Waals surface area contributed by atoms with Crippen LogP contribution in [0, 0.1) is 6.92 Å². The molecule has 9 heteroatoms. The molecule has 0 N–H and O–H groups in total. The van der Waals surface area contributed by atoms with Gasteiger partial charge in [-0.2, -0.15) is 0 Å². The van der Waals surface area contributed by atoms with Crippen molar-refractivity contribution in [1.29, 1.82) is 0 Å². The minimum atomic E-state index is -3.76. The lowest BCUT2D eigenvalue weighted by Crippen LogP contribution is -2.39. The van der Waals surface area contributed by atoms with Gasteiger partial charge in [0.2, 0.25) is 0 Å². The van der Waals surface area contributed by atoms with Crippen LogP contribution >= 0.6 is 23.4 Å². The van der Waals surface area contributed by atoms with E-state index in [9.17, 15) is 13.2 Å². The zero-order valence-electron chi connectivity index (χ0n) is 19.5. The first-order valence-corrected chi connectivity index (χ1v) is 14.1. The molecule has 0 unspecified atom stereocenters. The molecule has 1 amide bonds. The summed E-state index contributed by atoms with van der Waals surface area (Å²) in [4.78, 5) is 19.8. The summed E-state index contributed by atoms with van der Waals surface area (Å²) < 4.78 is 27.9. The monoisotopic (exact) mass is 527 g/mol. The molecule has 182 valence electrons. The Morgan fingerprint density at radius 1 is 1.09 bits per heavy atom. The van der Waals surface area contributed by atoms with E-state index in [2.05, 4.69) is 4.99 Å². The van der Waals surface area contributed by atoms with Crippen molar-refractivity contribution in [3.8, 4) is 0 Å². The van der Waals surface area contributed by atoms with E-state index >= 15 is 0 Å². The fourth-order valence-electron chi connectivity index (χ4n) is 3.74. The number of hydrogen-bond donors (Lipinski definition) is 0. The zero-order valence-corrected chi connectivity index (χ0v) is 21.9. The van der Waals surface area contributed by atoms with Gasteiger partial charge in [0, 0.05) is 29.4 Å². The SMILES string of the molecule is CCN(c1ccccc1)S(=O)(=O)c1ccc(C(=O)N2CCCSC2=Nc2ccc(C)c(Cl)c2)cc1. The van der Waals surface area contributed by atoms with Crippen LogP contribution in [0.5, 0.6) is 0 Å². The first-order valence-electron chi connectivity index (χ1n) is 11.3. The van der Waals surface area contributed by atoms with Crippen LogP contribution in [0.25, 0.3) is 0 Å². The maximum absolute atomic E-state index is 13.3. The van der Waals surface area contributed by atoms with Crippen molar-refractivity contribution < 1.29 is 13.2 Å². The summed E-state index contributed by atoms with van der Waals surface area (Å²) in [7, 11) is -3.76. The number of anilines is 1. The highest BCUT2D eigenvalue weighted by molar-refractivity contribution is 8.13. The van der Waals surface area contributed by atoms with E-state index in [0.717, 1.165) is 17.7 Å². The Morgan fingerprint density at radius 2 is 1.80 bits per heavy atom. The van der Waals surface area contributed by atoms with Crippen molar-refractivity contribution in [3.63, 3.8) is 0 Å². The van der Waals surface area contributed by atoms with E-state index in [1.165, 1.54) is 28.2 Å². The minimum absolute atomic E-state index is 0.135. The predicted octanol–water partition coefficient (Wildman–Crippen LogP) is 6.13. The number of para-hydroxylation sites is 1. The molecule has 1 aliphatic rings. The van der Waals surface area contributed by atoms with Gasteiger partial charge in [0.25, 0.3) is 15.9 Å². The molecule has 0 atom stereocenters. The molecule has 0 aromatic heterocycles. The molecule has 1 aliphatic heterocycles. The zero-order chi connectivity index (χ0) is 25.0. The van der Waals surface area contributed by atoms with Crippen molar-refractivity contribution in [2.24, 2.45) is 4.99 Å². The topological polar surface area (TPSA) is 70.1 Å². The van der Waals surface area contributed by atoms with Gasteiger partial charge in [-0.25, -0.2) is 13.4 Å². The molecular formula is C26H26ClN3O3S2. The number of rotatable bonds is 6. The lowest BCUT2D eigenvalue weighted by atomic mass is 10.2. The molecule has 1 heterocycles. The standard InChI is InChI=1S/C26H26ClN3O3S2/c1-3-30(22-8-5-4-6-9-22)35(32,33)23-14-11-20(12-15-23)25(31)29-16-7-17-34-26(29)28-21-13-10-19(2)24(27)18-21/h4-6,8-15,18H,3,7,16-17H2,1-2H3. The molecule has 0 bridgehead atoms. The average Bonchev–Trinajstić information content (AvgIpc) is 2.87. The third-order valence-corrected chi connectivity index (χ3v) is 9.02. The Bertz CT molecular complexity index is 1340. The number of amidine groups is 1. The van der Waals surface area contributed by atoms with Gasteiger partial charge in [-0.05, 0) is 74.4 Å². The molecule has 3 aromatic carbocycles. The van der Waals surface area contributed by atoms with E-state index in [0.29, 0.717) is 40.2 Å². The highest BCUT2D eigenvalue weighted by atomic mass is 35.5. The minimum Gasteiger partial charge on any atom is -0.287 e. The molecule has 4 rings (SSSR count). The van der Waals surface area contributed by atoms with E-state index in [1.54, 1.807) is 54.3 Å². The van der Waals surface area contributed by atoms with E-state index in [1.807, 2.05) is 25.1 Å². The number of nitrogens with zero attached hydrogens (tertiary/aromatic N) is 3. The summed E-state index contributed by atoms with van der Waals surface area (Å²) >= 11 is 7.76. The van der Waals surface area contributed by atoms with Crippen LogP contribution in [-0.2, 0) is 10.0 Å². The number of aryl methyl sites for hydroxylation is 1. The molecular weight excluding hydrogens is 502 g/mol. The Kier molecular flexibility index (Phi) is 7.84. The second-order valence-electron chi connectivity index (χ2n) is 8.02. The first kappa shape index (κ1) is 25.3. The van der Waals surface area contributed by atoms with Gasteiger partial charge in [-0.15, -0.1) is 0 Å². The Hall–Kier alpha value is -2.81. The fraction of sp³-hybridized carbons (Fsp3) is 0.231. The first-order chi connectivity index (χ1) is 16.8. The summed E-state index contributed by atoms with van der Waals surface area (Å²) in [6.45, 7) is 4.55. The van der Waals surface area contributed by atoms with Crippen molar-refractivity contribution in [3.05, 3.63) is 88.9 Å². The van der Waals surface area contributed by atoms with E-state index in [4.69, 9.17) is 11.6 Å². The predicted molar refractivity (Wildman–Crippen MR) is 144 cm³/mol. The number of carbonyl (C=O) groups is 1. The van der Waals surface area contributed by atoms with E-state index in [-0.39, 0.29) is 10.8 Å². The van der Waals surface area contributed by atoms with Crippen LogP contribution in [0.2, 0.25) is 5.02 Å². The van der Waals surface area contributed by atoms with Crippen molar-refractivity contribution in [2.45, 2.75) is 25.2 Å². The van der Waals surface area contributed by atoms with Gasteiger partial charge in [0.15, 0.2) is 5.17 Å². The van der Waals surface area contributed by atoms with Crippen LogP contribution in [0.3, 0.4) is 0 Å². The van der Waals surface area contributed by atoms with Crippen LogP contribution in [-0.4, -0.2) is 43.2 Å². The van der Waals surface area contributed by atoms with Crippen molar-refractivity contribution in [1.82, 2.24) is 4.90 Å². The number of aliphatic imine (C=N–C) groups is 1. The second-order valence-corrected chi connectivity index (χ2v) is 11.3. The number of sulfonamides is 1. The quantitative estimate of drug-likeness (QED) is 0.386. The third kappa shape index (κ3) is 5.55. The number of thioether (sulfide) groups is 1. The Labute approximate surface area is 215 Å². The highest BCUT2D eigenvalue weighted by Gasteiger charge is 2.27. The lowest BCUT2D eigenvalue weighted by molar-refractivity contribution is 0.0849. The number of amides is 1.